The third-order valence-corrected chi connectivity index (χ3v) is 5.87. The van der Waals surface area contributed by atoms with E-state index in [0.29, 0.717) is 12.3 Å². The average Bonchev–Trinajstić information content (AvgIpc) is 2.64. The van der Waals surface area contributed by atoms with Gasteiger partial charge in [0.15, 0.2) is 0 Å². The molecule has 2 aromatic rings. The Morgan fingerprint density at radius 1 is 1.15 bits per heavy atom. The molecule has 0 bridgehead atoms. The minimum absolute atomic E-state index is 0. The van der Waals surface area contributed by atoms with Gasteiger partial charge in [-0.05, 0) is 30.7 Å². The van der Waals surface area contributed by atoms with Gasteiger partial charge in [-0.3, -0.25) is 4.72 Å². The number of aryl methyl sites for hydroxylation is 1. The predicted molar refractivity (Wildman–Crippen MR) is 111 cm³/mol. The van der Waals surface area contributed by atoms with Crippen LogP contribution in [-0.2, 0) is 21.4 Å². The lowest BCUT2D eigenvalue weighted by atomic mass is 10.1. The molecule has 0 aromatic heterocycles. The summed E-state index contributed by atoms with van der Waals surface area (Å²) in [6.45, 7) is 5.90. The van der Waals surface area contributed by atoms with Crippen molar-refractivity contribution in [3.63, 3.8) is 0 Å². The summed E-state index contributed by atoms with van der Waals surface area (Å²) < 4.78 is 33.7. The van der Waals surface area contributed by atoms with Crippen LogP contribution in [-0.4, -0.2) is 41.7 Å². The van der Waals surface area contributed by atoms with Crippen LogP contribution in [0, 0.1) is 6.92 Å². The number of piperazine rings is 1. The highest BCUT2D eigenvalue weighted by atomic mass is 35.5. The van der Waals surface area contributed by atoms with E-state index in [1.807, 2.05) is 25.1 Å². The Labute approximate surface area is 167 Å². The first-order chi connectivity index (χ1) is 12.5. The van der Waals surface area contributed by atoms with Gasteiger partial charge in [0.1, 0.15) is 0 Å². The number of anilines is 2. The van der Waals surface area contributed by atoms with E-state index >= 15 is 0 Å². The van der Waals surface area contributed by atoms with Gasteiger partial charge >= 0.3 is 0 Å². The van der Waals surface area contributed by atoms with Crippen molar-refractivity contribution in [3.05, 3.63) is 53.6 Å². The van der Waals surface area contributed by atoms with Crippen LogP contribution in [0.2, 0.25) is 0 Å². The quantitative estimate of drug-likeness (QED) is 0.764. The molecule has 1 aliphatic heterocycles. The molecule has 1 heterocycles. The fraction of sp³-hybridized carbons (Fsp3) is 0.368. The second-order valence-corrected chi connectivity index (χ2v) is 8.06. The van der Waals surface area contributed by atoms with Crippen LogP contribution in [0.25, 0.3) is 0 Å². The molecule has 0 amide bonds. The van der Waals surface area contributed by atoms with E-state index in [1.165, 1.54) is 0 Å². The highest BCUT2D eigenvalue weighted by Crippen LogP contribution is 2.27. The van der Waals surface area contributed by atoms with Gasteiger partial charge in [-0.25, -0.2) is 8.42 Å². The zero-order valence-corrected chi connectivity index (χ0v) is 17.2. The van der Waals surface area contributed by atoms with Gasteiger partial charge in [-0.1, -0.05) is 24.3 Å². The van der Waals surface area contributed by atoms with Crippen LogP contribution in [0.5, 0.6) is 0 Å². The number of sulfonamides is 1. The summed E-state index contributed by atoms with van der Waals surface area (Å²) in [7, 11) is -2.09. The second kappa shape index (κ2) is 9.41. The number of methoxy groups -OCH3 is 1. The molecule has 27 heavy (non-hydrogen) atoms. The Morgan fingerprint density at radius 2 is 1.85 bits per heavy atom. The monoisotopic (exact) mass is 411 g/mol. The van der Waals surface area contributed by atoms with Crippen LogP contribution in [0.4, 0.5) is 11.4 Å². The van der Waals surface area contributed by atoms with Crippen molar-refractivity contribution in [3.8, 4) is 0 Å². The number of nitrogens with one attached hydrogen (secondary N) is 2. The number of rotatable bonds is 6. The first kappa shape index (κ1) is 21.5. The van der Waals surface area contributed by atoms with E-state index in [4.69, 9.17) is 4.74 Å². The largest absolute Gasteiger partial charge is 0.380 e. The molecule has 0 saturated carbocycles. The molecular weight excluding hydrogens is 386 g/mol. The number of benzene rings is 2. The molecule has 3 rings (SSSR count). The second-order valence-electron chi connectivity index (χ2n) is 6.38. The summed E-state index contributed by atoms with van der Waals surface area (Å²) >= 11 is 0. The van der Waals surface area contributed by atoms with Crippen molar-refractivity contribution in [2.45, 2.75) is 18.4 Å². The van der Waals surface area contributed by atoms with E-state index in [0.717, 1.165) is 43.0 Å². The van der Waals surface area contributed by atoms with Gasteiger partial charge in [-0.15, -0.1) is 12.4 Å². The lowest BCUT2D eigenvalue weighted by Crippen LogP contribution is -2.43. The number of hydrogen-bond acceptors (Lipinski definition) is 5. The van der Waals surface area contributed by atoms with Gasteiger partial charge in [0.25, 0.3) is 10.0 Å². The first-order valence-electron chi connectivity index (χ1n) is 8.67. The maximum Gasteiger partial charge on any atom is 0.261 e. The van der Waals surface area contributed by atoms with Crippen molar-refractivity contribution < 1.29 is 13.2 Å². The molecule has 8 heteroatoms. The van der Waals surface area contributed by atoms with Crippen molar-refractivity contribution in [2.24, 2.45) is 0 Å². The predicted octanol–water partition coefficient (Wildman–Crippen LogP) is 2.77. The van der Waals surface area contributed by atoms with E-state index in [-0.39, 0.29) is 17.3 Å². The van der Waals surface area contributed by atoms with Gasteiger partial charge < -0.3 is 15.0 Å². The molecule has 2 N–H and O–H groups in total. The maximum atomic E-state index is 12.9. The third kappa shape index (κ3) is 5.13. The molecule has 0 radical (unpaired) electrons. The zero-order chi connectivity index (χ0) is 18.6. The number of nitrogens with zero attached hydrogens (tertiary/aromatic N) is 1. The van der Waals surface area contributed by atoms with E-state index in [2.05, 4.69) is 14.9 Å². The number of hydrogen-bond donors (Lipinski definition) is 2. The average molecular weight is 412 g/mol. The van der Waals surface area contributed by atoms with Gasteiger partial charge in [0, 0.05) is 44.5 Å². The highest BCUT2D eigenvalue weighted by Gasteiger charge is 2.20. The lowest BCUT2D eigenvalue weighted by molar-refractivity contribution is 0.185. The minimum atomic E-state index is -3.68. The van der Waals surface area contributed by atoms with E-state index in [9.17, 15) is 8.42 Å². The molecular formula is C19H26ClN3O3S. The Morgan fingerprint density at radius 3 is 2.56 bits per heavy atom. The molecule has 148 valence electrons. The Balaban J connectivity index is 0.00000261. The summed E-state index contributed by atoms with van der Waals surface area (Å²) in [6, 6.07) is 12.6. The fourth-order valence-electron chi connectivity index (χ4n) is 3.11. The SMILES string of the molecule is COCc1ccccc1NS(=O)(=O)c1ccc(C)c(N2CCNCC2)c1.Cl. The summed E-state index contributed by atoms with van der Waals surface area (Å²) in [5.74, 6) is 0. The molecule has 1 fully saturated rings. The number of para-hydroxylation sites is 1. The number of ether oxygens (including phenoxy) is 1. The van der Waals surface area contributed by atoms with E-state index in [1.54, 1.807) is 31.4 Å². The van der Waals surface area contributed by atoms with Crippen LogP contribution >= 0.6 is 12.4 Å². The maximum absolute atomic E-state index is 12.9. The van der Waals surface area contributed by atoms with Crippen LogP contribution < -0.4 is 14.9 Å². The highest BCUT2D eigenvalue weighted by molar-refractivity contribution is 7.92. The first-order valence-corrected chi connectivity index (χ1v) is 10.2. The molecule has 1 aliphatic rings. The molecule has 0 unspecified atom stereocenters. The Hall–Kier alpha value is -1.80. The Kier molecular flexibility index (Phi) is 7.49. The summed E-state index contributed by atoms with van der Waals surface area (Å²) in [6.07, 6.45) is 0. The van der Waals surface area contributed by atoms with Crippen LogP contribution in [0.15, 0.2) is 47.4 Å². The molecule has 2 aromatic carbocycles. The third-order valence-electron chi connectivity index (χ3n) is 4.51. The van der Waals surface area contributed by atoms with Crippen molar-refractivity contribution in [1.82, 2.24) is 5.32 Å². The van der Waals surface area contributed by atoms with E-state index < -0.39 is 10.0 Å². The summed E-state index contributed by atoms with van der Waals surface area (Å²) in [5.41, 5.74) is 3.39. The lowest BCUT2D eigenvalue weighted by Gasteiger charge is -2.31. The van der Waals surface area contributed by atoms with Crippen molar-refractivity contribution in [1.29, 1.82) is 0 Å². The zero-order valence-electron chi connectivity index (χ0n) is 15.6. The molecule has 0 atom stereocenters. The summed E-state index contributed by atoms with van der Waals surface area (Å²) in [5, 5.41) is 3.32. The van der Waals surface area contributed by atoms with Crippen LogP contribution in [0.1, 0.15) is 11.1 Å². The van der Waals surface area contributed by atoms with Gasteiger partial charge in [0.2, 0.25) is 0 Å². The smallest absolute Gasteiger partial charge is 0.261 e. The standard InChI is InChI=1S/C19H25N3O3S.ClH/c1-15-7-8-17(13-19(15)22-11-9-20-10-12-22)26(23,24)21-18-6-4-3-5-16(18)14-25-2;/h3-8,13,20-21H,9-12,14H2,1-2H3;1H. The van der Waals surface area contributed by atoms with Gasteiger partial charge in [-0.2, -0.15) is 0 Å². The molecule has 1 saturated heterocycles. The normalized spacial score (nSPS) is 14.5. The van der Waals surface area contributed by atoms with Crippen molar-refractivity contribution in [2.75, 3.05) is 42.9 Å². The fourth-order valence-corrected chi connectivity index (χ4v) is 4.23. The van der Waals surface area contributed by atoms with Crippen molar-refractivity contribution >= 4 is 33.8 Å². The molecule has 0 spiro atoms. The summed E-state index contributed by atoms with van der Waals surface area (Å²) in [4.78, 5) is 2.49. The molecule has 6 nitrogen and oxygen atoms in total. The topological polar surface area (TPSA) is 70.7 Å². The van der Waals surface area contributed by atoms with Gasteiger partial charge in [0.05, 0.1) is 17.2 Å². The van der Waals surface area contributed by atoms with Crippen LogP contribution in [0.3, 0.4) is 0 Å². The number of halogens is 1. The minimum Gasteiger partial charge on any atom is -0.380 e. The molecule has 0 aliphatic carbocycles. The Bertz CT molecular complexity index is 868.